The van der Waals surface area contributed by atoms with E-state index in [1.165, 1.54) is 94.3 Å². The summed E-state index contributed by atoms with van der Waals surface area (Å²) in [5.41, 5.74) is 37.1. The maximum atomic E-state index is 2.74. The molecule has 3 heteroatoms. The highest BCUT2D eigenvalue weighted by molar-refractivity contribution is 7.00. The standard InChI is InChI=1S/C103H85BN2/c1-100(2,3)77-57-53-68(54-58-77)73-56-60-92-91(63-73)104-90-59-55-74(75-61-80(101(4,5)6)67-81(62-75)102(7,8)9)64-93(90)106(99-85(71-37-20-12-21-38-71)49-32-50-86(99)72-39-22-13-23-40-72)95-66-76(65-94(97(95)104)105(92)98-83(69-33-16-10-17-34-69)47-31-48-84(98)70-35-18-11-19-36-70)82-46-30-51-88-87-45-28-29-52-89(87)103(96(82)88,78-41-24-14-25-42-78)79-43-26-15-27-44-79/h10-67H,1-9H3. The molecular weight excluding hydrogens is 1280 g/mol. The summed E-state index contributed by atoms with van der Waals surface area (Å²) in [7, 11) is 0. The van der Waals surface area contributed by atoms with Crippen LogP contribution in [-0.2, 0) is 21.7 Å². The molecule has 0 aromatic heterocycles. The highest BCUT2D eigenvalue weighted by atomic mass is 15.2. The molecule has 1 aliphatic carbocycles. The molecule has 15 aromatic rings. The third-order valence-corrected chi connectivity index (χ3v) is 22.8. The number of hydrogen-bond acceptors (Lipinski definition) is 2. The first-order valence-electron chi connectivity index (χ1n) is 37.7. The number of para-hydroxylation sites is 2. The van der Waals surface area contributed by atoms with Gasteiger partial charge in [-0.05, 0) is 163 Å². The Morgan fingerprint density at radius 2 is 0.613 bits per heavy atom. The van der Waals surface area contributed by atoms with Gasteiger partial charge < -0.3 is 9.80 Å². The van der Waals surface area contributed by atoms with Crippen LogP contribution in [0.5, 0.6) is 0 Å². The van der Waals surface area contributed by atoms with Gasteiger partial charge in [0.1, 0.15) is 0 Å². The second-order valence-electron chi connectivity index (χ2n) is 32.3. The van der Waals surface area contributed by atoms with Crippen molar-refractivity contribution in [2.75, 3.05) is 9.80 Å². The molecule has 3 aliphatic rings. The van der Waals surface area contributed by atoms with E-state index >= 15 is 0 Å². The Hall–Kier alpha value is -12.0. The van der Waals surface area contributed by atoms with Gasteiger partial charge in [0.25, 0.3) is 6.71 Å². The molecule has 0 amide bonds. The molecule has 2 heterocycles. The topological polar surface area (TPSA) is 6.48 Å². The molecule has 2 nitrogen and oxygen atoms in total. The Morgan fingerprint density at radius 3 is 1.08 bits per heavy atom. The van der Waals surface area contributed by atoms with Gasteiger partial charge in [-0.15, -0.1) is 0 Å². The Bertz CT molecular complexity index is 5680. The summed E-state index contributed by atoms with van der Waals surface area (Å²) in [6, 6.07) is 134. The lowest BCUT2D eigenvalue weighted by atomic mass is 9.33. The highest BCUT2D eigenvalue weighted by Crippen LogP contribution is 2.61. The molecule has 0 spiro atoms. The SMILES string of the molecule is CC(C)(C)c1ccc(-c2ccc3c(c2)B2c4ccc(-c5cc(C(C)(C)C)cc(C(C)(C)C)c5)cc4N(c4c(-c5ccccc5)cccc4-c4ccccc4)c4cc(-c5cccc6c5C(c5ccccc5)(c5ccccc5)c5ccccc5-6)cc(c42)N3c2c(-c3ccccc3)cccc2-c2ccccc2)cc1. The van der Waals surface area contributed by atoms with E-state index in [0.717, 1.165) is 84.2 Å². The quantitative estimate of drug-likeness (QED) is 0.119. The van der Waals surface area contributed by atoms with Crippen LogP contribution in [0.2, 0.25) is 0 Å². The van der Waals surface area contributed by atoms with Crippen LogP contribution in [0.15, 0.2) is 352 Å². The van der Waals surface area contributed by atoms with Crippen LogP contribution in [0, 0.1) is 0 Å². The number of rotatable bonds is 11. The minimum absolute atomic E-state index is 0.0106. The van der Waals surface area contributed by atoms with Gasteiger partial charge in [-0.2, -0.15) is 0 Å². The minimum Gasteiger partial charge on any atom is -0.310 e. The molecule has 2 aliphatic heterocycles. The van der Waals surface area contributed by atoms with Crippen molar-refractivity contribution in [3.05, 3.63) is 391 Å². The smallest absolute Gasteiger partial charge is 0.252 e. The van der Waals surface area contributed by atoms with Crippen LogP contribution in [0.25, 0.3) is 89.0 Å². The van der Waals surface area contributed by atoms with Crippen LogP contribution in [0.4, 0.5) is 34.1 Å². The fourth-order valence-corrected chi connectivity index (χ4v) is 17.5. The largest absolute Gasteiger partial charge is 0.310 e. The Morgan fingerprint density at radius 1 is 0.236 bits per heavy atom. The second-order valence-corrected chi connectivity index (χ2v) is 32.3. The van der Waals surface area contributed by atoms with Crippen LogP contribution in [-0.4, -0.2) is 6.71 Å². The first kappa shape index (κ1) is 66.0. The zero-order valence-corrected chi connectivity index (χ0v) is 62.0. The predicted octanol–water partition coefficient (Wildman–Crippen LogP) is 25.7. The lowest BCUT2D eigenvalue weighted by Gasteiger charge is -2.46. The summed E-state index contributed by atoms with van der Waals surface area (Å²) in [6.45, 7) is 20.8. The van der Waals surface area contributed by atoms with Crippen molar-refractivity contribution < 1.29 is 0 Å². The van der Waals surface area contributed by atoms with Crippen molar-refractivity contribution in [2.24, 2.45) is 0 Å². The molecule has 106 heavy (non-hydrogen) atoms. The summed E-state index contributed by atoms with van der Waals surface area (Å²) >= 11 is 0. The monoisotopic (exact) mass is 1360 g/mol. The van der Waals surface area contributed by atoms with E-state index < -0.39 is 5.41 Å². The fourth-order valence-electron chi connectivity index (χ4n) is 17.5. The molecule has 0 fully saturated rings. The summed E-state index contributed by atoms with van der Waals surface area (Å²) in [4.78, 5) is 5.44. The van der Waals surface area contributed by atoms with Gasteiger partial charge in [0, 0.05) is 45.0 Å². The van der Waals surface area contributed by atoms with Crippen molar-refractivity contribution in [1.82, 2.24) is 0 Å². The maximum absolute atomic E-state index is 2.74. The molecule has 0 unspecified atom stereocenters. The normalized spacial score (nSPS) is 13.3. The van der Waals surface area contributed by atoms with E-state index in [-0.39, 0.29) is 23.0 Å². The van der Waals surface area contributed by atoms with E-state index in [9.17, 15) is 0 Å². The lowest BCUT2D eigenvalue weighted by Crippen LogP contribution is -2.61. The van der Waals surface area contributed by atoms with E-state index in [0.29, 0.717) is 0 Å². The summed E-state index contributed by atoms with van der Waals surface area (Å²) < 4.78 is 0. The zero-order chi connectivity index (χ0) is 72.2. The third kappa shape index (κ3) is 11.0. The van der Waals surface area contributed by atoms with E-state index in [1.54, 1.807) is 0 Å². The van der Waals surface area contributed by atoms with Crippen LogP contribution >= 0.6 is 0 Å². The van der Waals surface area contributed by atoms with E-state index in [2.05, 4.69) is 424 Å². The summed E-state index contributed by atoms with van der Waals surface area (Å²) in [6.07, 6.45) is 0. The lowest BCUT2D eigenvalue weighted by molar-refractivity contribution is 0.569. The van der Waals surface area contributed by atoms with Crippen LogP contribution in [0.3, 0.4) is 0 Å². The number of hydrogen-bond donors (Lipinski definition) is 0. The van der Waals surface area contributed by atoms with Gasteiger partial charge >= 0.3 is 0 Å². The van der Waals surface area contributed by atoms with Crippen molar-refractivity contribution in [1.29, 1.82) is 0 Å². The first-order chi connectivity index (χ1) is 51.5. The van der Waals surface area contributed by atoms with Crippen LogP contribution in [0.1, 0.15) is 101 Å². The van der Waals surface area contributed by atoms with Gasteiger partial charge in [0.2, 0.25) is 0 Å². The van der Waals surface area contributed by atoms with Gasteiger partial charge in [-0.1, -0.05) is 390 Å². The van der Waals surface area contributed by atoms with E-state index in [4.69, 9.17) is 0 Å². The molecule has 18 rings (SSSR count). The number of anilines is 6. The maximum Gasteiger partial charge on any atom is 0.252 e. The molecule has 0 bridgehead atoms. The Balaban J connectivity index is 1.04. The van der Waals surface area contributed by atoms with Crippen molar-refractivity contribution in [3.63, 3.8) is 0 Å². The van der Waals surface area contributed by atoms with E-state index in [1.807, 2.05) is 0 Å². The average molecular weight is 1360 g/mol. The molecule has 0 saturated carbocycles. The molecule has 0 atom stereocenters. The number of benzene rings is 15. The molecule has 15 aromatic carbocycles. The minimum atomic E-state index is -0.718. The van der Waals surface area contributed by atoms with Crippen molar-refractivity contribution in [3.8, 4) is 89.0 Å². The number of nitrogens with zero attached hydrogens (tertiary/aromatic N) is 2. The van der Waals surface area contributed by atoms with Gasteiger partial charge in [0.05, 0.1) is 16.8 Å². The highest BCUT2D eigenvalue weighted by Gasteiger charge is 2.50. The zero-order valence-electron chi connectivity index (χ0n) is 62.0. The Kier molecular flexibility index (Phi) is 16.0. The molecular formula is C103H85BN2. The fraction of sp³-hybridized carbons (Fsp3) is 0.126. The van der Waals surface area contributed by atoms with Gasteiger partial charge in [-0.25, -0.2) is 0 Å². The average Bonchev–Trinajstić information content (AvgIpc) is 1.28. The number of fused-ring (bicyclic) bond motifs is 7. The first-order valence-corrected chi connectivity index (χ1v) is 37.7. The molecule has 510 valence electrons. The van der Waals surface area contributed by atoms with Crippen molar-refractivity contribution in [2.45, 2.75) is 84.0 Å². The van der Waals surface area contributed by atoms with Gasteiger partial charge in [0.15, 0.2) is 0 Å². The van der Waals surface area contributed by atoms with Gasteiger partial charge in [-0.3, -0.25) is 0 Å². The molecule has 0 radical (unpaired) electrons. The second kappa shape index (κ2) is 25.7. The van der Waals surface area contributed by atoms with Crippen molar-refractivity contribution >= 4 is 57.2 Å². The van der Waals surface area contributed by atoms with Crippen LogP contribution < -0.4 is 26.2 Å². The third-order valence-electron chi connectivity index (χ3n) is 22.8. The predicted molar refractivity (Wildman–Crippen MR) is 452 cm³/mol. The summed E-state index contributed by atoms with van der Waals surface area (Å²) in [5.74, 6) is 0. The summed E-state index contributed by atoms with van der Waals surface area (Å²) in [5, 5.41) is 0. The molecule has 0 N–H and O–H groups in total. The molecule has 0 saturated heterocycles. The Labute approximate surface area is 626 Å².